The van der Waals surface area contributed by atoms with Crippen LogP contribution in [0.2, 0.25) is 0 Å². The molecule has 1 aliphatic rings. The van der Waals surface area contributed by atoms with Gasteiger partial charge in [-0.3, -0.25) is 0 Å². The maximum atomic E-state index is 3.54. The molecule has 140 valence electrons. The fourth-order valence-electron chi connectivity index (χ4n) is 2.22. The second-order valence-electron chi connectivity index (χ2n) is 4.64. The molecule has 1 rings (SSSR count). The fraction of sp³-hybridized carbons (Fsp3) is 1.00. The van der Waals surface area contributed by atoms with E-state index in [2.05, 4.69) is 5.32 Å². The van der Waals surface area contributed by atoms with E-state index in [4.69, 9.17) is 0 Å². The lowest BCUT2D eigenvalue weighted by molar-refractivity contribution is 0.511. The van der Waals surface area contributed by atoms with Gasteiger partial charge in [-0.2, -0.15) is 0 Å². The van der Waals surface area contributed by atoms with Crippen molar-refractivity contribution in [2.75, 3.05) is 13.1 Å². The molecule has 0 aromatic rings. The summed E-state index contributed by atoms with van der Waals surface area (Å²) in [5.74, 6) is 0. The van der Waals surface area contributed by atoms with Crippen molar-refractivity contribution in [3.63, 3.8) is 0 Å². The summed E-state index contributed by atoms with van der Waals surface area (Å²) in [4.78, 5) is 0. The summed E-state index contributed by atoms with van der Waals surface area (Å²) in [6.07, 6.45) is 16.0. The van der Waals surface area contributed by atoms with Gasteiger partial charge < -0.3 is 5.32 Å². The minimum atomic E-state index is 0. The van der Waals surface area contributed by atoms with E-state index >= 15 is 0 Å². The van der Waals surface area contributed by atoms with E-state index in [0.717, 1.165) is 0 Å². The van der Waals surface area contributed by atoms with E-state index in [1.807, 2.05) is 0 Å². The van der Waals surface area contributed by atoms with Crippen LogP contribution < -0.4 is 5.32 Å². The molecule has 1 heterocycles. The van der Waals surface area contributed by atoms with Gasteiger partial charge in [0.05, 0.1) is 0 Å². The smallest absolute Gasteiger partial charge is 0.00489 e. The van der Waals surface area contributed by atoms with Gasteiger partial charge >= 0.3 is 0 Å². The van der Waals surface area contributed by atoms with Crippen molar-refractivity contribution in [1.82, 2.24) is 5.32 Å². The molecule has 8 heteroatoms. The number of hydrogen-bond donors (Lipinski definition) is 1. The van der Waals surface area contributed by atoms with Gasteiger partial charge in [0.25, 0.3) is 0 Å². The lowest BCUT2D eigenvalue weighted by Crippen LogP contribution is -2.16. The summed E-state index contributed by atoms with van der Waals surface area (Å²) in [6.45, 7) is 2.50. The Morgan fingerprint density at radius 2 is 0.476 bits per heavy atom. The molecule has 0 aromatic carbocycles. The van der Waals surface area contributed by atoms with Gasteiger partial charge in [0, 0.05) is 0 Å². The number of rotatable bonds is 0. The standard InChI is InChI=1S/C13H27N.7ClH/c1-2-4-6-8-10-12-14-13-11-9-7-5-3-1;;;;;;;/h14H,1-13H2;7*1H. The van der Waals surface area contributed by atoms with Gasteiger partial charge in [-0.1, -0.05) is 57.8 Å². The minimum absolute atomic E-state index is 0. The predicted octanol–water partition coefficient (Wildman–Crippen LogP) is 6.83. The Labute approximate surface area is 175 Å². The van der Waals surface area contributed by atoms with Crippen LogP contribution in [-0.4, -0.2) is 13.1 Å². The number of halogens is 7. The molecular formula is C13H34Cl7N. The third-order valence-electron chi connectivity index (χ3n) is 3.21. The molecule has 0 amide bonds. The molecule has 1 N–H and O–H groups in total. The summed E-state index contributed by atoms with van der Waals surface area (Å²) in [5, 5.41) is 3.54. The monoisotopic (exact) mass is 449 g/mol. The van der Waals surface area contributed by atoms with Crippen LogP contribution in [0.25, 0.3) is 0 Å². The molecule has 21 heavy (non-hydrogen) atoms. The molecule has 1 aliphatic heterocycles. The van der Waals surface area contributed by atoms with E-state index in [-0.39, 0.29) is 86.8 Å². The largest absolute Gasteiger partial charge is 0.317 e. The number of nitrogens with one attached hydrogen (secondary N) is 1. The van der Waals surface area contributed by atoms with Crippen LogP contribution in [-0.2, 0) is 0 Å². The van der Waals surface area contributed by atoms with Crippen LogP contribution in [0.15, 0.2) is 0 Å². The SMILES string of the molecule is C1CCCCCCNCCCCCC1.Cl.Cl.Cl.Cl.Cl.Cl.Cl. The molecule has 1 fully saturated rings. The highest BCUT2D eigenvalue weighted by Crippen LogP contribution is 2.11. The first-order chi connectivity index (χ1) is 7.00. The third-order valence-corrected chi connectivity index (χ3v) is 3.21. The second kappa shape index (κ2) is 37.9. The Balaban J connectivity index is -0.0000000560. The molecule has 0 atom stereocenters. The van der Waals surface area contributed by atoms with Gasteiger partial charge in [0.2, 0.25) is 0 Å². The van der Waals surface area contributed by atoms with Crippen LogP contribution in [0.5, 0.6) is 0 Å². The average molecular weight is 453 g/mol. The molecule has 1 saturated heterocycles. The highest BCUT2D eigenvalue weighted by molar-refractivity contribution is 5.86. The molecule has 0 saturated carbocycles. The van der Waals surface area contributed by atoms with Crippen molar-refractivity contribution in [1.29, 1.82) is 0 Å². The van der Waals surface area contributed by atoms with Crippen molar-refractivity contribution in [3.05, 3.63) is 0 Å². The number of hydrogen-bond acceptors (Lipinski definition) is 1. The Bertz CT molecular complexity index is 77.8. The Hall–Kier alpha value is 1.99. The van der Waals surface area contributed by atoms with Gasteiger partial charge in [-0.05, 0) is 25.9 Å². The van der Waals surface area contributed by atoms with Gasteiger partial charge in [-0.15, -0.1) is 86.8 Å². The molecule has 1 nitrogen and oxygen atoms in total. The second-order valence-corrected chi connectivity index (χ2v) is 4.64. The van der Waals surface area contributed by atoms with Gasteiger partial charge in [0.15, 0.2) is 0 Å². The molecule has 0 unspecified atom stereocenters. The van der Waals surface area contributed by atoms with Crippen LogP contribution in [0.1, 0.15) is 70.6 Å². The third kappa shape index (κ3) is 34.4. The van der Waals surface area contributed by atoms with E-state index in [0.29, 0.717) is 0 Å². The van der Waals surface area contributed by atoms with Crippen LogP contribution >= 0.6 is 86.8 Å². The van der Waals surface area contributed by atoms with E-state index in [1.165, 1.54) is 83.7 Å². The Kier molecular flexibility index (Phi) is 78.5. The average Bonchev–Trinajstić information content (AvgIpc) is 2.22. The molecule has 0 radical (unpaired) electrons. The maximum absolute atomic E-state index is 3.54. The summed E-state index contributed by atoms with van der Waals surface area (Å²) < 4.78 is 0. The molecular weight excluding hydrogens is 418 g/mol. The zero-order valence-electron chi connectivity index (χ0n) is 12.6. The summed E-state index contributed by atoms with van der Waals surface area (Å²) >= 11 is 0. The Morgan fingerprint density at radius 1 is 0.286 bits per heavy atom. The zero-order chi connectivity index (χ0) is 9.90. The normalized spacial score (nSPS) is 16.0. The lowest BCUT2D eigenvalue weighted by Gasteiger charge is -2.07. The summed E-state index contributed by atoms with van der Waals surface area (Å²) in [6, 6.07) is 0. The van der Waals surface area contributed by atoms with Crippen LogP contribution in [0.4, 0.5) is 0 Å². The highest BCUT2D eigenvalue weighted by Gasteiger charge is 1.95. The maximum Gasteiger partial charge on any atom is -0.00489 e. The topological polar surface area (TPSA) is 12.0 Å². The predicted molar refractivity (Wildman–Crippen MR) is 114 cm³/mol. The van der Waals surface area contributed by atoms with Crippen LogP contribution in [0.3, 0.4) is 0 Å². The quantitative estimate of drug-likeness (QED) is 0.425. The van der Waals surface area contributed by atoms with Gasteiger partial charge in [-0.25, -0.2) is 0 Å². The highest BCUT2D eigenvalue weighted by atomic mass is 35.5. The van der Waals surface area contributed by atoms with E-state index in [1.54, 1.807) is 0 Å². The molecule has 0 bridgehead atoms. The van der Waals surface area contributed by atoms with Gasteiger partial charge in [0.1, 0.15) is 0 Å². The Morgan fingerprint density at radius 3 is 0.714 bits per heavy atom. The molecule has 0 aromatic heterocycles. The van der Waals surface area contributed by atoms with Crippen molar-refractivity contribution in [3.8, 4) is 0 Å². The lowest BCUT2D eigenvalue weighted by atomic mass is 10.1. The zero-order valence-corrected chi connectivity index (χ0v) is 18.3. The first-order valence-electron chi connectivity index (χ1n) is 6.71. The van der Waals surface area contributed by atoms with Crippen molar-refractivity contribution >= 4 is 86.8 Å². The van der Waals surface area contributed by atoms with E-state index in [9.17, 15) is 0 Å². The van der Waals surface area contributed by atoms with Crippen molar-refractivity contribution in [2.24, 2.45) is 0 Å². The first kappa shape index (κ1) is 43.5. The van der Waals surface area contributed by atoms with Crippen LogP contribution in [0, 0.1) is 0 Å². The summed E-state index contributed by atoms with van der Waals surface area (Å²) in [7, 11) is 0. The van der Waals surface area contributed by atoms with Crippen molar-refractivity contribution < 1.29 is 0 Å². The molecule has 0 aliphatic carbocycles. The fourth-order valence-corrected chi connectivity index (χ4v) is 2.22. The van der Waals surface area contributed by atoms with E-state index < -0.39 is 0 Å². The first-order valence-corrected chi connectivity index (χ1v) is 6.71. The van der Waals surface area contributed by atoms with Crippen molar-refractivity contribution in [2.45, 2.75) is 70.6 Å². The minimum Gasteiger partial charge on any atom is -0.317 e. The molecule has 0 spiro atoms. The summed E-state index contributed by atoms with van der Waals surface area (Å²) in [5.41, 5.74) is 0.